The molecule has 2 heterocycles. The van der Waals surface area contributed by atoms with Gasteiger partial charge in [-0.25, -0.2) is 19.7 Å². The fourth-order valence-corrected chi connectivity index (χ4v) is 0.839. The Morgan fingerprint density at radius 2 is 2.23 bits per heavy atom. The van der Waals surface area contributed by atoms with Gasteiger partial charge in [0.2, 0.25) is 5.82 Å². The van der Waals surface area contributed by atoms with E-state index in [2.05, 4.69) is 19.9 Å². The van der Waals surface area contributed by atoms with Gasteiger partial charge in [0.15, 0.2) is 5.65 Å². The zero-order valence-electron chi connectivity index (χ0n) is 6.26. The van der Waals surface area contributed by atoms with Crippen molar-refractivity contribution in [3.63, 3.8) is 0 Å². The molecule has 0 spiro atoms. The molecule has 2 N–H and O–H groups in total. The summed E-state index contributed by atoms with van der Waals surface area (Å²) in [5, 5.41) is 8.52. The van der Waals surface area contributed by atoms with E-state index in [0.29, 0.717) is 11.2 Å². The van der Waals surface area contributed by atoms with Crippen molar-refractivity contribution >= 4 is 29.5 Å². The fraction of sp³-hybridized carbons (Fsp3) is 0. The van der Waals surface area contributed by atoms with Crippen molar-refractivity contribution in [1.29, 1.82) is 0 Å². The van der Waals surface area contributed by atoms with Crippen LogP contribution in [0.25, 0.3) is 11.2 Å². The van der Waals surface area contributed by atoms with Gasteiger partial charge < -0.3 is 10.1 Å². The van der Waals surface area contributed by atoms with Gasteiger partial charge in [-0.05, 0) is 0 Å². The van der Waals surface area contributed by atoms with E-state index in [1.165, 1.54) is 12.5 Å². The Morgan fingerprint density at radius 3 is 2.92 bits per heavy atom. The van der Waals surface area contributed by atoms with E-state index in [1.807, 2.05) is 0 Å². The molecule has 68 valence electrons. The maximum atomic E-state index is 10.4. The number of imidazole rings is 1. The average Bonchev–Trinajstić information content (AvgIpc) is 2.49. The number of carbonyl (C=O) groups is 1. The molecule has 0 bridgehead atoms. The second-order valence-corrected chi connectivity index (χ2v) is 2.14. The predicted molar refractivity (Wildman–Crippen MR) is 45.9 cm³/mol. The molecule has 0 aliphatic heterocycles. The number of H-pyrrole nitrogens is 1. The van der Waals surface area contributed by atoms with Gasteiger partial charge in [-0.1, -0.05) is 0 Å². The van der Waals surface area contributed by atoms with Crippen molar-refractivity contribution in [1.82, 2.24) is 19.9 Å². The van der Waals surface area contributed by atoms with Gasteiger partial charge >= 0.3 is 5.97 Å². The van der Waals surface area contributed by atoms with Gasteiger partial charge in [0.25, 0.3) is 0 Å². The van der Waals surface area contributed by atoms with E-state index < -0.39 is 5.97 Å². The van der Waals surface area contributed by atoms with Gasteiger partial charge in [-0.15, -0.1) is 12.4 Å². The maximum absolute atomic E-state index is 10.4. The summed E-state index contributed by atoms with van der Waals surface area (Å²) >= 11 is 0. The molecule has 13 heavy (non-hydrogen) atoms. The summed E-state index contributed by atoms with van der Waals surface area (Å²) < 4.78 is 0. The zero-order valence-corrected chi connectivity index (χ0v) is 7.08. The van der Waals surface area contributed by atoms with Crippen LogP contribution in [-0.4, -0.2) is 31.0 Å². The van der Waals surface area contributed by atoms with E-state index in [1.54, 1.807) is 0 Å². The quantitative estimate of drug-likeness (QED) is 0.698. The van der Waals surface area contributed by atoms with E-state index in [0.717, 1.165) is 0 Å². The summed E-state index contributed by atoms with van der Waals surface area (Å²) in [7, 11) is 0. The standard InChI is InChI=1S/C6H4N4O2.ClH/c11-6(12)5-7-1-3-4(10-5)9-2-8-3;/h1-2H,(H,11,12)(H,7,8,9,10);1H. The molecule has 2 aromatic rings. The molecule has 0 aliphatic rings. The number of nitrogens with zero attached hydrogens (tertiary/aromatic N) is 3. The third-order valence-corrected chi connectivity index (χ3v) is 1.37. The minimum absolute atomic E-state index is 0. The maximum Gasteiger partial charge on any atom is 0.374 e. The number of aromatic carboxylic acids is 1. The molecule has 2 rings (SSSR count). The van der Waals surface area contributed by atoms with Crippen LogP contribution in [-0.2, 0) is 0 Å². The smallest absolute Gasteiger partial charge is 0.374 e. The number of aromatic nitrogens is 4. The second-order valence-electron chi connectivity index (χ2n) is 2.14. The Kier molecular flexibility index (Phi) is 2.43. The molecule has 0 aliphatic carbocycles. The number of carboxylic acids is 1. The minimum Gasteiger partial charge on any atom is -0.475 e. The summed E-state index contributed by atoms with van der Waals surface area (Å²) in [6, 6.07) is 0. The molecule has 0 saturated heterocycles. The monoisotopic (exact) mass is 200 g/mol. The lowest BCUT2D eigenvalue weighted by Crippen LogP contribution is -2.03. The van der Waals surface area contributed by atoms with Crippen LogP contribution in [0.3, 0.4) is 0 Å². The molecule has 0 atom stereocenters. The van der Waals surface area contributed by atoms with Crippen LogP contribution in [0.4, 0.5) is 0 Å². The summed E-state index contributed by atoms with van der Waals surface area (Å²) in [4.78, 5) is 24.2. The average molecular weight is 201 g/mol. The Morgan fingerprint density at radius 1 is 1.46 bits per heavy atom. The van der Waals surface area contributed by atoms with E-state index in [9.17, 15) is 4.79 Å². The number of rotatable bonds is 1. The normalized spacial score (nSPS) is 9.54. The first-order valence-corrected chi connectivity index (χ1v) is 3.17. The van der Waals surface area contributed by atoms with Crippen LogP contribution in [0, 0.1) is 0 Å². The summed E-state index contributed by atoms with van der Waals surface area (Å²) in [5.74, 6) is -1.39. The number of aromatic amines is 1. The van der Waals surface area contributed by atoms with E-state index in [-0.39, 0.29) is 18.2 Å². The molecule has 0 saturated carbocycles. The number of fused-ring (bicyclic) bond motifs is 1. The Bertz CT molecular complexity index is 441. The fourth-order valence-electron chi connectivity index (χ4n) is 0.839. The first-order chi connectivity index (χ1) is 5.77. The lowest BCUT2D eigenvalue weighted by molar-refractivity contribution is 0.0684. The van der Waals surface area contributed by atoms with Crippen LogP contribution < -0.4 is 0 Å². The minimum atomic E-state index is -1.15. The summed E-state index contributed by atoms with van der Waals surface area (Å²) in [6.07, 6.45) is 2.82. The Hall–Kier alpha value is -1.69. The Labute approximate surface area is 78.5 Å². The topological polar surface area (TPSA) is 91.8 Å². The molecule has 0 aromatic carbocycles. The van der Waals surface area contributed by atoms with Crippen LogP contribution in [0.1, 0.15) is 10.6 Å². The lowest BCUT2D eigenvalue weighted by atomic mass is 10.5. The van der Waals surface area contributed by atoms with Crippen LogP contribution in [0.15, 0.2) is 12.5 Å². The molecule has 0 radical (unpaired) electrons. The molecule has 2 aromatic heterocycles. The highest BCUT2D eigenvalue weighted by atomic mass is 35.5. The lowest BCUT2D eigenvalue weighted by Gasteiger charge is -1.90. The van der Waals surface area contributed by atoms with E-state index in [4.69, 9.17) is 5.11 Å². The molecular weight excluding hydrogens is 196 g/mol. The summed E-state index contributed by atoms with van der Waals surface area (Å²) in [5.41, 5.74) is 0.988. The zero-order chi connectivity index (χ0) is 8.55. The first-order valence-electron chi connectivity index (χ1n) is 3.17. The highest BCUT2D eigenvalue weighted by molar-refractivity contribution is 5.85. The Balaban J connectivity index is 0.000000845. The van der Waals surface area contributed by atoms with Gasteiger partial charge in [0, 0.05) is 0 Å². The number of hydrogen-bond acceptors (Lipinski definition) is 4. The van der Waals surface area contributed by atoms with E-state index >= 15 is 0 Å². The van der Waals surface area contributed by atoms with Gasteiger partial charge in [-0.3, -0.25) is 0 Å². The largest absolute Gasteiger partial charge is 0.475 e. The SMILES string of the molecule is Cl.O=C(O)c1ncc2[nH]cnc2n1. The molecule has 0 unspecified atom stereocenters. The highest BCUT2D eigenvalue weighted by Gasteiger charge is 2.07. The third-order valence-electron chi connectivity index (χ3n) is 1.37. The van der Waals surface area contributed by atoms with Crippen molar-refractivity contribution in [2.45, 2.75) is 0 Å². The summed E-state index contributed by atoms with van der Waals surface area (Å²) in [6.45, 7) is 0. The number of hydrogen-bond donors (Lipinski definition) is 2. The van der Waals surface area contributed by atoms with Crippen LogP contribution in [0.2, 0.25) is 0 Å². The van der Waals surface area contributed by atoms with Crippen molar-refractivity contribution < 1.29 is 9.90 Å². The van der Waals surface area contributed by atoms with Crippen molar-refractivity contribution in [2.24, 2.45) is 0 Å². The van der Waals surface area contributed by atoms with Gasteiger partial charge in [0.05, 0.1) is 12.5 Å². The van der Waals surface area contributed by atoms with Crippen molar-refractivity contribution in [3.05, 3.63) is 18.3 Å². The number of halogens is 1. The van der Waals surface area contributed by atoms with Gasteiger partial charge in [0.1, 0.15) is 5.52 Å². The molecule has 6 nitrogen and oxygen atoms in total. The third kappa shape index (κ3) is 1.57. The molecule has 0 amide bonds. The van der Waals surface area contributed by atoms with Crippen LogP contribution in [0.5, 0.6) is 0 Å². The van der Waals surface area contributed by atoms with Crippen LogP contribution >= 0.6 is 12.4 Å². The molecule has 0 fully saturated rings. The number of carboxylic acid groups (broad SMARTS) is 1. The highest BCUT2D eigenvalue weighted by Crippen LogP contribution is 2.03. The predicted octanol–water partition coefficient (Wildman–Crippen LogP) is 0.473. The van der Waals surface area contributed by atoms with Crippen molar-refractivity contribution in [3.8, 4) is 0 Å². The van der Waals surface area contributed by atoms with Gasteiger partial charge in [-0.2, -0.15) is 0 Å². The second kappa shape index (κ2) is 3.36. The first kappa shape index (κ1) is 9.40. The van der Waals surface area contributed by atoms with Crippen molar-refractivity contribution in [2.75, 3.05) is 0 Å². The number of nitrogens with one attached hydrogen (secondary N) is 1. The molecule has 7 heteroatoms. The molecular formula is C6H5ClN4O2.